The second-order valence-corrected chi connectivity index (χ2v) is 7.04. The Morgan fingerprint density at radius 3 is 2.96 bits per heavy atom. The van der Waals surface area contributed by atoms with Gasteiger partial charge in [-0.05, 0) is 18.2 Å². The Bertz CT molecular complexity index is 1150. The van der Waals surface area contributed by atoms with Gasteiger partial charge in [0.2, 0.25) is 0 Å². The van der Waals surface area contributed by atoms with Crippen LogP contribution in [0, 0.1) is 5.82 Å². The van der Waals surface area contributed by atoms with E-state index in [1.54, 1.807) is 6.07 Å². The van der Waals surface area contributed by atoms with Crippen molar-refractivity contribution in [3.8, 4) is 0 Å². The molecule has 0 spiro atoms. The van der Waals surface area contributed by atoms with Crippen molar-refractivity contribution in [2.24, 2.45) is 0 Å². The van der Waals surface area contributed by atoms with Gasteiger partial charge in [0.1, 0.15) is 35.3 Å². The number of aliphatic hydroxyl groups excluding tert-OH is 2. The third-order valence-electron chi connectivity index (χ3n) is 5.39. The number of fused-ring (bicyclic) bond motifs is 9. The normalized spacial score (nSPS) is 31.6. The number of aromatic amines is 1. The number of rotatable bonds is 0. The summed E-state index contributed by atoms with van der Waals surface area (Å²) < 4.78 is 25.1. The molecule has 2 amide bonds. The standard InChI is InChI=1S/C17H14FN5O5/c18-5-1-2-7-6(3-5)9-13(19-7)21-14-10(20-9)15-23(17(26)22-14)16-12(25)11(24)8(28-16)4-27-15/h1-3,8,11-12,15-16,24-25H,4H2,(H2,19,21,22,26)/t8-,11+,12+,15-,16-/m0/s1. The summed E-state index contributed by atoms with van der Waals surface area (Å²) >= 11 is 0. The first kappa shape index (κ1) is 16.1. The van der Waals surface area contributed by atoms with Crippen molar-refractivity contribution in [2.75, 3.05) is 11.9 Å². The van der Waals surface area contributed by atoms with E-state index in [4.69, 9.17) is 9.47 Å². The zero-order valence-corrected chi connectivity index (χ0v) is 14.2. The molecule has 6 rings (SSSR count). The lowest BCUT2D eigenvalue weighted by molar-refractivity contribution is -0.113. The molecule has 0 unspecified atom stereocenters. The van der Waals surface area contributed by atoms with Crippen LogP contribution in [0.4, 0.5) is 15.0 Å². The molecule has 2 bridgehead atoms. The molecular weight excluding hydrogens is 373 g/mol. The second kappa shape index (κ2) is 5.35. The number of H-pyrrole nitrogens is 1. The van der Waals surface area contributed by atoms with Crippen molar-refractivity contribution in [2.45, 2.75) is 30.8 Å². The van der Waals surface area contributed by atoms with Crippen LogP contribution in [0.1, 0.15) is 11.9 Å². The number of benzene rings is 1. The topological polar surface area (TPSA) is 133 Å². The maximum atomic E-state index is 13.7. The van der Waals surface area contributed by atoms with E-state index in [1.807, 2.05) is 0 Å². The number of carbonyl (C=O) groups excluding carboxylic acids is 1. The molecule has 2 fully saturated rings. The number of urea groups is 1. The van der Waals surface area contributed by atoms with Crippen LogP contribution in [0.25, 0.3) is 22.1 Å². The van der Waals surface area contributed by atoms with Gasteiger partial charge in [-0.2, -0.15) is 0 Å². The highest BCUT2D eigenvalue weighted by atomic mass is 19.1. The Morgan fingerprint density at radius 2 is 2.11 bits per heavy atom. The summed E-state index contributed by atoms with van der Waals surface area (Å²) in [6, 6.07) is 3.68. The van der Waals surface area contributed by atoms with E-state index >= 15 is 0 Å². The van der Waals surface area contributed by atoms with Gasteiger partial charge in [-0.15, -0.1) is 0 Å². The summed E-state index contributed by atoms with van der Waals surface area (Å²) in [6.45, 7) is -0.0369. The van der Waals surface area contributed by atoms with Gasteiger partial charge in [0.25, 0.3) is 0 Å². The lowest BCUT2D eigenvalue weighted by Gasteiger charge is -2.38. The molecule has 0 radical (unpaired) electrons. The number of halogens is 1. The molecule has 10 nitrogen and oxygen atoms in total. The van der Waals surface area contributed by atoms with Crippen LogP contribution >= 0.6 is 0 Å². The molecule has 3 aliphatic heterocycles. The number of hydrogen-bond donors (Lipinski definition) is 4. The molecule has 0 aliphatic carbocycles. The fraction of sp³-hybridized carbons (Fsp3) is 0.353. The molecule has 3 aromatic rings. The van der Waals surface area contributed by atoms with E-state index in [-0.39, 0.29) is 12.4 Å². The van der Waals surface area contributed by atoms with Gasteiger partial charge in [-0.1, -0.05) is 0 Å². The van der Waals surface area contributed by atoms with Gasteiger partial charge in [-0.3, -0.25) is 10.2 Å². The van der Waals surface area contributed by atoms with Crippen molar-refractivity contribution in [3.05, 3.63) is 29.7 Å². The van der Waals surface area contributed by atoms with Gasteiger partial charge in [0, 0.05) is 10.9 Å². The van der Waals surface area contributed by atoms with E-state index in [1.165, 1.54) is 17.0 Å². The smallest absolute Gasteiger partial charge is 0.327 e. The number of ether oxygens (including phenoxy) is 2. The summed E-state index contributed by atoms with van der Waals surface area (Å²) in [7, 11) is 0. The average Bonchev–Trinajstić information content (AvgIpc) is 3.05. The summed E-state index contributed by atoms with van der Waals surface area (Å²) in [4.78, 5) is 25.9. The third-order valence-corrected chi connectivity index (χ3v) is 5.39. The molecule has 5 heterocycles. The van der Waals surface area contributed by atoms with Crippen LogP contribution in [0.3, 0.4) is 0 Å². The van der Waals surface area contributed by atoms with Gasteiger partial charge in [0.15, 0.2) is 23.9 Å². The first-order chi connectivity index (χ1) is 13.5. The predicted octanol–water partition coefficient (Wildman–Crippen LogP) is 0.573. The number of amides is 2. The zero-order chi connectivity index (χ0) is 19.2. The number of aromatic nitrogens is 3. The van der Waals surface area contributed by atoms with Gasteiger partial charge < -0.3 is 24.7 Å². The molecule has 2 saturated heterocycles. The first-order valence-electron chi connectivity index (χ1n) is 8.72. The Balaban J connectivity index is 1.54. The second-order valence-electron chi connectivity index (χ2n) is 7.04. The van der Waals surface area contributed by atoms with E-state index in [0.29, 0.717) is 27.8 Å². The number of nitrogens with one attached hydrogen (secondary N) is 2. The largest absolute Gasteiger partial charge is 0.387 e. The minimum Gasteiger partial charge on any atom is -0.387 e. The number of aliphatic hydroxyl groups is 2. The number of carbonyl (C=O) groups is 1. The summed E-state index contributed by atoms with van der Waals surface area (Å²) in [6.07, 6.45) is -5.25. The molecular formula is C17H14FN5O5. The molecule has 2 aromatic heterocycles. The zero-order valence-electron chi connectivity index (χ0n) is 14.2. The van der Waals surface area contributed by atoms with Gasteiger partial charge in [0.05, 0.1) is 6.61 Å². The SMILES string of the molecule is O=C1Nc2nc3[nH]c4ccc(F)cc4c3nc2[C@@H]2OC[C@@H]3O[C@@H]([C@H](O)[C@@H]3O)N12. The number of hydrogen-bond acceptors (Lipinski definition) is 7. The number of nitrogens with zero attached hydrogens (tertiary/aromatic N) is 3. The van der Waals surface area contributed by atoms with Crippen molar-refractivity contribution in [1.29, 1.82) is 0 Å². The minimum absolute atomic E-state index is 0.0369. The maximum absolute atomic E-state index is 13.7. The van der Waals surface area contributed by atoms with Crippen molar-refractivity contribution >= 4 is 33.9 Å². The summed E-state index contributed by atoms with van der Waals surface area (Å²) in [5.74, 6) is -0.199. The van der Waals surface area contributed by atoms with E-state index in [9.17, 15) is 19.4 Å². The van der Waals surface area contributed by atoms with E-state index < -0.39 is 42.6 Å². The molecule has 4 N–H and O–H groups in total. The van der Waals surface area contributed by atoms with Crippen LogP contribution in [0.2, 0.25) is 0 Å². The maximum Gasteiger partial charge on any atom is 0.327 e. The lowest BCUT2D eigenvalue weighted by Crippen LogP contribution is -2.54. The quantitative estimate of drug-likeness (QED) is 0.443. The van der Waals surface area contributed by atoms with Gasteiger partial charge >= 0.3 is 6.03 Å². The highest BCUT2D eigenvalue weighted by Gasteiger charge is 2.54. The fourth-order valence-electron chi connectivity index (χ4n) is 4.03. The predicted molar refractivity (Wildman–Crippen MR) is 91.6 cm³/mol. The monoisotopic (exact) mass is 387 g/mol. The van der Waals surface area contributed by atoms with E-state index in [0.717, 1.165) is 0 Å². The Hall–Kier alpha value is -2.86. The molecule has 144 valence electrons. The highest BCUT2D eigenvalue weighted by molar-refractivity contribution is 6.04. The van der Waals surface area contributed by atoms with Crippen molar-refractivity contribution in [1.82, 2.24) is 19.9 Å². The minimum atomic E-state index is -1.28. The molecule has 28 heavy (non-hydrogen) atoms. The Kier molecular flexibility index (Phi) is 3.08. The molecule has 11 heteroatoms. The van der Waals surface area contributed by atoms with Crippen LogP contribution in [0.15, 0.2) is 18.2 Å². The van der Waals surface area contributed by atoms with Crippen LogP contribution < -0.4 is 5.32 Å². The lowest BCUT2D eigenvalue weighted by atomic mass is 10.1. The van der Waals surface area contributed by atoms with Crippen LogP contribution in [0.5, 0.6) is 0 Å². The average molecular weight is 387 g/mol. The first-order valence-corrected chi connectivity index (χ1v) is 8.72. The fourth-order valence-corrected chi connectivity index (χ4v) is 4.03. The van der Waals surface area contributed by atoms with Crippen molar-refractivity contribution < 1.29 is 28.9 Å². The van der Waals surface area contributed by atoms with Crippen molar-refractivity contribution in [3.63, 3.8) is 0 Å². The summed E-state index contributed by atoms with van der Waals surface area (Å²) in [5, 5.41) is 23.5. The third kappa shape index (κ3) is 2.01. The van der Waals surface area contributed by atoms with Crippen LogP contribution in [-0.2, 0) is 9.47 Å². The van der Waals surface area contributed by atoms with E-state index in [2.05, 4.69) is 20.3 Å². The Labute approximate surface area is 155 Å². The molecule has 5 atom stereocenters. The molecule has 3 aliphatic rings. The molecule has 0 saturated carbocycles. The molecule has 1 aromatic carbocycles. The van der Waals surface area contributed by atoms with Crippen LogP contribution in [-0.4, -0.2) is 67.2 Å². The number of anilines is 1. The van der Waals surface area contributed by atoms with Gasteiger partial charge in [-0.25, -0.2) is 19.2 Å². The highest BCUT2D eigenvalue weighted by Crippen LogP contribution is 2.41. The Morgan fingerprint density at radius 1 is 1.25 bits per heavy atom. The summed E-state index contributed by atoms with van der Waals surface area (Å²) in [5.41, 5.74) is 1.80.